The molecule has 1 aromatic rings. The van der Waals surface area contributed by atoms with Gasteiger partial charge in [0.15, 0.2) is 0 Å². The minimum atomic E-state index is 0.982. The molecule has 0 saturated carbocycles. The van der Waals surface area contributed by atoms with E-state index in [9.17, 15) is 0 Å². The van der Waals surface area contributed by atoms with Crippen LogP contribution in [0.2, 0.25) is 0 Å². The largest absolute Gasteiger partial charge is 0.141 e. The summed E-state index contributed by atoms with van der Waals surface area (Å²) in [4.78, 5) is 2.25. The fourth-order valence-electron chi connectivity index (χ4n) is 0.489. The second kappa shape index (κ2) is 2.33. The van der Waals surface area contributed by atoms with Crippen molar-refractivity contribution in [1.82, 2.24) is 0 Å². The average Bonchev–Trinajstić information content (AvgIpc) is 1.85. The van der Waals surface area contributed by atoms with E-state index in [0.29, 0.717) is 0 Å². The predicted octanol–water partition coefficient (Wildman–Crippen LogP) is 2.63. The van der Waals surface area contributed by atoms with Gasteiger partial charge in [-0.1, -0.05) is 0 Å². The fourth-order valence-corrected chi connectivity index (χ4v) is 2.05. The zero-order valence-electron chi connectivity index (χ0n) is 4.38. The number of thiophene rings is 1. The second-order valence-corrected chi connectivity index (χ2v) is 4.04. The van der Waals surface area contributed by atoms with Gasteiger partial charge in [0.1, 0.15) is 0 Å². The quantitative estimate of drug-likeness (QED) is 0.538. The van der Waals surface area contributed by atoms with Gasteiger partial charge in [-0.05, 0) is 13.0 Å². The number of thiol groups is 2. The summed E-state index contributed by atoms with van der Waals surface area (Å²) < 4.78 is 1.01. The summed E-state index contributed by atoms with van der Waals surface area (Å²) in [6, 6.07) is 2.01. The first-order chi connectivity index (χ1) is 3.70. The smallest absolute Gasteiger partial charge is 0.0704 e. The first kappa shape index (κ1) is 6.52. The van der Waals surface area contributed by atoms with Crippen LogP contribution in [0.1, 0.15) is 4.88 Å². The Balaban J connectivity index is 3.14. The van der Waals surface area contributed by atoms with Gasteiger partial charge in [-0.15, -0.1) is 36.6 Å². The van der Waals surface area contributed by atoms with Crippen molar-refractivity contribution in [3.8, 4) is 0 Å². The van der Waals surface area contributed by atoms with Crippen molar-refractivity contribution < 1.29 is 0 Å². The molecular formula is C5H6S3. The van der Waals surface area contributed by atoms with Crippen LogP contribution >= 0.6 is 36.6 Å². The Bertz CT molecular complexity index is 170. The van der Waals surface area contributed by atoms with E-state index >= 15 is 0 Å². The minimum absolute atomic E-state index is 0.982. The van der Waals surface area contributed by atoms with Gasteiger partial charge in [-0.2, -0.15) is 0 Å². The molecule has 0 aliphatic carbocycles. The molecule has 1 heterocycles. The maximum atomic E-state index is 4.16. The first-order valence-electron chi connectivity index (χ1n) is 2.18. The van der Waals surface area contributed by atoms with Crippen molar-refractivity contribution in [3.05, 3.63) is 10.9 Å². The van der Waals surface area contributed by atoms with E-state index < -0.39 is 0 Å². The molecular weight excluding hydrogens is 156 g/mol. The Morgan fingerprint density at radius 1 is 1.50 bits per heavy atom. The van der Waals surface area contributed by atoms with E-state index in [1.807, 2.05) is 13.0 Å². The molecule has 0 atom stereocenters. The molecule has 0 aliphatic heterocycles. The van der Waals surface area contributed by atoms with Gasteiger partial charge in [0.05, 0.1) is 4.21 Å². The van der Waals surface area contributed by atoms with Gasteiger partial charge in [0, 0.05) is 9.77 Å². The lowest BCUT2D eigenvalue weighted by Crippen LogP contribution is -1.50. The molecule has 0 bridgehead atoms. The Morgan fingerprint density at radius 3 is 2.25 bits per heavy atom. The van der Waals surface area contributed by atoms with Crippen molar-refractivity contribution in [2.24, 2.45) is 0 Å². The maximum Gasteiger partial charge on any atom is 0.0704 e. The normalized spacial score (nSPS) is 9.88. The zero-order chi connectivity index (χ0) is 6.15. The first-order valence-corrected chi connectivity index (χ1v) is 3.89. The standard InChI is InChI=1S/C5H6S3/c1-3-2-4(6)5(7)8-3/h2,6-7H,1H3. The molecule has 0 spiro atoms. The molecule has 8 heavy (non-hydrogen) atoms. The number of hydrogen-bond donors (Lipinski definition) is 2. The lowest BCUT2D eigenvalue weighted by molar-refractivity contribution is 1.41. The van der Waals surface area contributed by atoms with E-state index in [0.717, 1.165) is 9.10 Å². The Hall–Kier alpha value is 0.400. The molecule has 1 aromatic heterocycles. The topological polar surface area (TPSA) is 0 Å². The highest BCUT2D eigenvalue weighted by molar-refractivity contribution is 7.85. The zero-order valence-corrected chi connectivity index (χ0v) is 6.99. The molecule has 0 aromatic carbocycles. The Kier molecular flexibility index (Phi) is 1.90. The number of rotatable bonds is 0. The summed E-state index contributed by atoms with van der Waals surface area (Å²) in [5.74, 6) is 0. The van der Waals surface area contributed by atoms with E-state index in [4.69, 9.17) is 0 Å². The van der Waals surface area contributed by atoms with Crippen LogP contribution in [-0.4, -0.2) is 0 Å². The highest BCUT2D eigenvalue weighted by Gasteiger charge is 1.95. The van der Waals surface area contributed by atoms with Crippen LogP contribution in [0.25, 0.3) is 0 Å². The third-order valence-electron chi connectivity index (χ3n) is 0.817. The van der Waals surface area contributed by atoms with Gasteiger partial charge in [0.25, 0.3) is 0 Å². The van der Waals surface area contributed by atoms with Crippen molar-refractivity contribution in [2.45, 2.75) is 16.0 Å². The van der Waals surface area contributed by atoms with Crippen molar-refractivity contribution >= 4 is 36.6 Å². The Labute approximate surface area is 63.7 Å². The SMILES string of the molecule is Cc1cc(S)c(S)s1. The molecule has 0 saturated heterocycles. The van der Waals surface area contributed by atoms with Crippen LogP contribution in [0.5, 0.6) is 0 Å². The lowest BCUT2D eigenvalue weighted by Gasteiger charge is -1.77. The number of hydrogen-bond acceptors (Lipinski definition) is 3. The van der Waals surface area contributed by atoms with Crippen LogP contribution in [0, 0.1) is 6.92 Å². The van der Waals surface area contributed by atoms with Crippen molar-refractivity contribution in [3.63, 3.8) is 0 Å². The van der Waals surface area contributed by atoms with Crippen LogP contribution in [-0.2, 0) is 0 Å². The highest BCUT2D eigenvalue weighted by atomic mass is 32.2. The summed E-state index contributed by atoms with van der Waals surface area (Å²) in [5.41, 5.74) is 0. The van der Waals surface area contributed by atoms with Gasteiger partial charge in [-0.3, -0.25) is 0 Å². The Morgan fingerprint density at radius 2 is 2.12 bits per heavy atom. The summed E-state index contributed by atoms with van der Waals surface area (Å²) in [5, 5.41) is 0. The van der Waals surface area contributed by atoms with E-state index in [-0.39, 0.29) is 0 Å². The summed E-state index contributed by atoms with van der Waals surface area (Å²) in [6.07, 6.45) is 0. The number of aryl methyl sites for hydroxylation is 1. The molecule has 0 nitrogen and oxygen atoms in total. The molecule has 44 valence electrons. The van der Waals surface area contributed by atoms with Gasteiger partial charge in [0.2, 0.25) is 0 Å². The fraction of sp³-hybridized carbons (Fsp3) is 0.200. The molecule has 0 radical (unpaired) electrons. The van der Waals surface area contributed by atoms with E-state index in [2.05, 4.69) is 25.3 Å². The monoisotopic (exact) mass is 162 g/mol. The molecule has 1 rings (SSSR count). The third-order valence-corrected chi connectivity index (χ3v) is 2.86. The van der Waals surface area contributed by atoms with Gasteiger partial charge >= 0.3 is 0 Å². The van der Waals surface area contributed by atoms with E-state index in [1.165, 1.54) is 4.88 Å². The second-order valence-electron chi connectivity index (χ2n) is 1.55. The average molecular weight is 162 g/mol. The summed E-state index contributed by atoms with van der Waals surface area (Å²) in [6.45, 7) is 2.05. The van der Waals surface area contributed by atoms with Crippen molar-refractivity contribution in [2.75, 3.05) is 0 Å². The predicted molar refractivity (Wildman–Crippen MR) is 43.6 cm³/mol. The van der Waals surface area contributed by atoms with Gasteiger partial charge in [-0.25, -0.2) is 0 Å². The minimum Gasteiger partial charge on any atom is -0.141 e. The molecule has 3 heteroatoms. The lowest BCUT2D eigenvalue weighted by atomic mass is 10.5. The van der Waals surface area contributed by atoms with Gasteiger partial charge < -0.3 is 0 Å². The van der Waals surface area contributed by atoms with Crippen LogP contribution < -0.4 is 0 Å². The third kappa shape index (κ3) is 1.21. The molecule has 0 amide bonds. The van der Waals surface area contributed by atoms with E-state index in [1.54, 1.807) is 11.3 Å². The summed E-state index contributed by atoms with van der Waals surface area (Å²) in [7, 11) is 0. The van der Waals surface area contributed by atoms with Crippen molar-refractivity contribution in [1.29, 1.82) is 0 Å². The molecule has 0 N–H and O–H groups in total. The van der Waals surface area contributed by atoms with Crippen LogP contribution in [0.4, 0.5) is 0 Å². The maximum absolute atomic E-state index is 4.16. The van der Waals surface area contributed by atoms with Crippen LogP contribution in [0.15, 0.2) is 15.2 Å². The van der Waals surface area contributed by atoms with Crippen LogP contribution in [0.3, 0.4) is 0 Å². The molecule has 0 aliphatic rings. The highest BCUT2D eigenvalue weighted by Crippen LogP contribution is 2.27. The summed E-state index contributed by atoms with van der Waals surface area (Å²) >= 11 is 9.97. The molecule has 0 unspecified atom stereocenters. The molecule has 0 fully saturated rings.